The Morgan fingerprint density at radius 2 is 2.11 bits per heavy atom. The third-order valence-electron chi connectivity index (χ3n) is 2.22. The van der Waals surface area contributed by atoms with Crippen molar-refractivity contribution in [1.29, 1.82) is 0 Å². The fraction of sp³-hybridized carbons (Fsp3) is 0.0833. The van der Waals surface area contributed by atoms with Gasteiger partial charge < -0.3 is 14.3 Å². The molecule has 0 saturated carbocycles. The summed E-state index contributed by atoms with van der Waals surface area (Å²) in [5.41, 5.74) is -0.0303. The van der Waals surface area contributed by atoms with Crippen molar-refractivity contribution >= 4 is 21.9 Å². The highest BCUT2D eigenvalue weighted by Crippen LogP contribution is 2.30. The van der Waals surface area contributed by atoms with E-state index < -0.39 is 17.6 Å². The van der Waals surface area contributed by atoms with Crippen LogP contribution in [-0.4, -0.2) is 11.1 Å². The lowest BCUT2D eigenvalue weighted by molar-refractivity contribution is 0.0696. The van der Waals surface area contributed by atoms with Crippen LogP contribution in [0.25, 0.3) is 0 Å². The van der Waals surface area contributed by atoms with Crippen LogP contribution in [0.1, 0.15) is 16.1 Å². The van der Waals surface area contributed by atoms with E-state index in [9.17, 15) is 13.6 Å². The molecule has 4 nitrogen and oxygen atoms in total. The molecule has 1 aromatic heterocycles. The molecule has 0 radical (unpaired) electrons. The Morgan fingerprint density at radius 1 is 1.37 bits per heavy atom. The average molecular weight is 333 g/mol. The van der Waals surface area contributed by atoms with Crippen LogP contribution in [-0.2, 0) is 6.61 Å². The van der Waals surface area contributed by atoms with Crippen LogP contribution in [0.4, 0.5) is 8.78 Å². The van der Waals surface area contributed by atoms with Crippen molar-refractivity contribution < 1.29 is 27.8 Å². The SMILES string of the molecule is O=C(O)c1coc(COc2c(F)cc(F)cc2Br)c1. The van der Waals surface area contributed by atoms with E-state index in [2.05, 4.69) is 15.9 Å². The van der Waals surface area contributed by atoms with Gasteiger partial charge >= 0.3 is 5.97 Å². The van der Waals surface area contributed by atoms with Crippen molar-refractivity contribution in [2.75, 3.05) is 0 Å². The topological polar surface area (TPSA) is 59.7 Å². The van der Waals surface area contributed by atoms with Gasteiger partial charge in [0, 0.05) is 6.07 Å². The molecule has 2 rings (SSSR count). The lowest BCUT2D eigenvalue weighted by atomic mass is 10.3. The largest absolute Gasteiger partial charge is 0.481 e. The minimum absolute atomic E-state index is 0.0303. The molecule has 0 fully saturated rings. The first kappa shape index (κ1) is 13.5. The molecule has 19 heavy (non-hydrogen) atoms. The fourth-order valence-corrected chi connectivity index (χ4v) is 1.90. The quantitative estimate of drug-likeness (QED) is 0.929. The Bertz CT molecular complexity index is 601. The summed E-state index contributed by atoms with van der Waals surface area (Å²) in [5.74, 6) is -2.69. The van der Waals surface area contributed by atoms with Crippen LogP contribution >= 0.6 is 15.9 Å². The van der Waals surface area contributed by atoms with Gasteiger partial charge in [0.1, 0.15) is 24.4 Å². The Kier molecular flexibility index (Phi) is 3.84. The predicted molar refractivity (Wildman–Crippen MR) is 64.1 cm³/mol. The molecule has 0 saturated heterocycles. The maximum absolute atomic E-state index is 13.4. The Labute approximate surface area is 114 Å². The zero-order valence-corrected chi connectivity index (χ0v) is 10.9. The van der Waals surface area contributed by atoms with Gasteiger partial charge in [-0.25, -0.2) is 13.6 Å². The van der Waals surface area contributed by atoms with E-state index >= 15 is 0 Å². The first-order chi connectivity index (χ1) is 8.97. The number of aromatic carboxylic acids is 1. The van der Waals surface area contributed by atoms with Gasteiger partial charge in [0.05, 0.1) is 10.0 Å². The van der Waals surface area contributed by atoms with Crippen LogP contribution in [0.5, 0.6) is 5.75 Å². The van der Waals surface area contributed by atoms with Crippen molar-refractivity contribution in [2.45, 2.75) is 6.61 Å². The zero-order valence-electron chi connectivity index (χ0n) is 9.32. The van der Waals surface area contributed by atoms with E-state index in [-0.39, 0.29) is 28.2 Å². The van der Waals surface area contributed by atoms with Gasteiger partial charge in [-0.05, 0) is 28.1 Å². The molecule has 7 heteroatoms. The van der Waals surface area contributed by atoms with E-state index in [0.29, 0.717) is 6.07 Å². The number of hydrogen-bond donors (Lipinski definition) is 1. The smallest absolute Gasteiger partial charge is 0.338 e. The van der Waals surface area contributed by atoms with Gasteiger partial charge in [0.25, 0.3) is 0 Å². The van der Waals surface area contributed by atoms with Crippen LogP contribution in [0.3, 0.4) is 0 Å². The summed E-state index contributed by atoms with van der Waals surface area (Å²) >= 11 is 2.97. The molecule has 2 aromatic rings. The molecule has 0 atom stereocenters. The summed E-state index contributed by atoms with van der Waals surface area (Å²) in [6.45, 7) is -0.172. The maximum atomic E-state index is 13.4. The van der Waals surface area contributed by atoms with Crippen molar-refractivity contribution in [3.8, 4) is 5.75 Å². The van der Waals surface area contributed by atoms with Crippen LogP contribution in [0.2, 0.25) is 0 Å². The molecule has 1 aromatic carbocycles. The number of furan rings is 1. The van der Waals surface area contributed by atoms with Crippen molar-refractivity contribution in [3.05, 3.63) is 51.9 Å². The number of ether oxygens (including phenoxy) is 1. The second kappa shape index (κ2) is 5.40. The van der Waals surface area contributed by atoms with Crippen molar-refractivity contribution in [2.24, 2.45) is 0 Å². The highest BCUT2D eigenvalue weighted by molar-refractivity contribution is 9.10. The van der Waals surface area contributed by atoms with E-state index in [0.717, 1.165) is 12.3 Å². The molecule has 0 aliphatic rings. The van der Waals surface area contributed by atoms with Crippen molar-refractivity contribution in [1.82, 2.24) is 0 Å². The standard InChI is InChI=1S/C12H7BrF2O4/c13-9-2-7(14)3-10(15)11(9)19-5-8-1-6(4-18-8)12(16)17/h1-4H,5H2,(H,16,17). The van der Waals surface area contributed by atoms with E-state index in [1.165, 1.54) is 6.07 Å². The normalized spacial score (nSPS) is 10.5. The molecule has 1 N–H and O–H groups in total. The summed E-state index contributed by atoms with van der Waals surface area (Å²) < 4.78 is 36.5. The molecule has 0 aliphatic carbocycles. The summed E-state index contributed by atoms with van der Waals surface area (Å²) in [5, 5.41) is 8.69. The number of benzene rings is 1. The highest BCUT2D eigenvalue weighted by Gasteiger charge is 2.13. The fourth-order valence-electron chi connectivity index (χ4n) is 1.38. The second-order valence-electron chi connectivity index (χ2n) is 3.59. The monoisotopic (exact) mass is 332 g/mol. The summed E-state index contributed by atoms with van der Waals surface area (Å²) in [7, 11) is 0. The number of carboxylic acid groups (broad SMARTS) is 1. The Balaban J connectivity index is 2.12. The van der Waals surface area contributed by atoms with E-state index in [4.69, 9.17) is 14.3 Å². The minimum atomic E-state index is -1.14. The number of carboxylic acids is 1. The van der Waals surface area contributed by atoms with Gasteiger partial charge in [-0.1, -0.05) is 0 Å². The van der Waals surface area contributed by atoms with Gasteiger partial charge in [0.2, 0.25) is 0 Å². The first-order valence-corrected chi connectivity index (χ1v) is 5.84. The molecular weight excluding hydrogens is 326 g/mol. The summed E-state index contributed by atoms with van der Waals surface area (Å²) in [4.78, 5) is 10.6. The van der Waals surface area contributed by atoms with Gasteiger partial charge in [-0.2, -0.15) is 0 Å². The van der Waals surface area contributed by atoms with Gasteiger partial charge in [0.15, 0.2) is 11.6 Å². The molecular formula is C12H7BrF2O4. The molecule has 0 amide bonds. The van der Waals surface area contributed by atoms with Crippen LogP contribution in [0.15, 0.2) is 33.4 Å². The van der Waals surface area contributed by atoms with Crippen LogP contribution in [0, 0.1) is 11.6 Å². The molecule has 0 aliphatic heterocycles. The second-order valence-corrected chi connectivity index (χ2v) is 4.45. The number of rotatable bonds is 4. The number of carbonyl (C=O) groups is 1. The summed E-state index contributed by atoms with van der Waals surface area (Å²) in [6.07, 6.45) is 1.05. The number of hydrogen-bond acceptors (Lipinski definition) is 3. The third-order valence-corrected chi connectivity index (χ3v) is 2.81. The van der Waals surface area contributed by atoms with Crippen molar-refractivity contribution in [3.63, 3.8) is 0 Å². The zero-order chi connectivity index (χ0) is 14.0. The van der Waals surface area contributed by atoms with Gasteiger partial charge in [-0.3, -0.25) is 0 Å². The Morgan fingerprint density at radius 3 is 2.68 bits per heavy atom. The van der Waals surface area contributed by atoms with E-state index in [1.54, 1.807) is 0 Å². The molecule has 100 valence electrons. The van der Waals surface area contributed by atoms with Crippen LogP contribution < -0.4 is 4.74 Å². The lowest BCUT2D eigenvalue weighted by Gasteiger charge is -2.07. The predicted octanol–water partition coefficient (Wildman–Crippen LogP) is 3.60. The molecule has 0 bridgehead atoms. The minimum Gasteiger partial charge on any atom is -0.481 e. The van der Waals surface area contributed by atoms with E-state index in [1.807, 2.05) is 0 Å². The molecule has 1 heterocycles. The molecule has 0 unspecified atom stereocenters. The highest BCUT2D eigenvalue weighted by atomic mass is 79.9. The average Bonchev–Trinajstić information content (AvgIpc) is 2.76. The third kappa shape index (κ3) is 3.11. The lowest BCUT2D eigenvalue weighted by Crippen LogP contribution is -1.98. The van der Waals surface area contributed by atoms with Gasteiger partial charge in [-0.15, -0.1) is 0 Å². The number of halogens is 3. The Hall–Kier alpha value is -1.89. The first-order valence-electron chi connectivity index (χ1n) is 5.05. The molecule has 0 spiro atoms. The maximum Gasteiger partial charge on any atom is 0.338 e. The summed E-state index contributed by atoms with van der Waals surface area (Å²) in [6, 6.07) is 3.01.